The molecule has 0 saturated heterocycles. The molecule has 14 heavy (non-hydrogen) atoms. The van der Waals surface area contributed by atoms with Gasteiger partial charge in [-0.15, -0.1) is 0 Å². The minimum atomic E-state index is -0.345. The van der Waals surface area contributed by atoms with E-state index in [2.05, 4.69) is 20.8 Å². The van der Waals surface area contributed by atoms with Gasteiger partial charge >= 0.3 is 0 Å². The van der Waals surface area contributed by atoms with Gasteiger partial charge in [0, 0.05) is 0 Å². The lowest BCUT2D eigenvalue weighted by Crippen LogP contribution is -2.30. The first-order chi connectivity index (χ1) is 6.65. The van der Waals surface area contributed by atoms with Crippen molar-refractivity contribution in [1.82, 2.24) is 0 Å². The molecule has 0 aliphatic heterocycles. The summed E-state index contributed by atoms with van der Waals surface area (Å²) >= 11 is 0. The lowest BCUT2D eigenvalue weighted by molar-refractivity contribution is -0.0770. The SMILES string of the molecule is CCCC[C@H](OC(CC)CC)[C@H](C)O. The summed E-state index contributed by atoms with van der Waals surface area (Å²) in [5.41, 5.74) is 0. The van der Waals surface area contributed by atoms with Gasteiger partial charge in [0.15, 0.2) is 0 Å². The van der Waals surface area contributed by atoms with Gasteiger partial charge in [0.05, 0.1) is 18.3 Å². The topological polar surface area (TPSA) is 29.5 Å². The van der Waals surface area contributed by atoms with Crippen LogP contribution in [0.1, 0.15) is 59.8 Å². The molecular formula is C12H26O2. The molecule has 2 heteroatoms. The van der Waals surface area contributed by atoms with Crippen LogP contribution in [0.25, 0.3) is 0 Å². The first-order valence-corrected chi connectivity index (χ1v) is 5.99. The first kappa shape index (κ1) is 13.9. The van der Waals surface area contributed by atoms with Crippen molar-refractivity contribution in [1.29, 1.82) is 0 Å². The van der Waals surface area contributed by atoms with Gasteiger partial charge in [-0.25, -0.2) is 0 Å². The standard InChI is InChI=1S/C12H26O2/c1-5-8-9-12(10(4)13)14-11(6-2)7-3/h10-13H,5-9H2,1-4H3/t10-,12-/m0/s1. The third kappa shape index (κ3) is 5.61. The summed E-state index contributed by atoms with van der Waals surface area (Å²) in [6.45, 7) is 8.25. The third-order valence-corrected chi connectivity index (χ3v) is 2.66. The second-order valence-electron chi connectivity index (χ2n) is 4.00. The Morgan fingerprint density at radius 3 is 2.07 bits per heavy atom. The molecule has 0 unspecified atom stereocenters. The summed E-state index contributed by atoms with van der Waals surface area (Å²) in [7, 11) is 0. The Balaban J connectivity index is 3.93. The number of rotatable bonds is 8. The van der Waals surface area contributed by atoms with Crippen molar-refractivity contribution in [2.45, 2.75) is 78.1 Å². The minimum absolute atomic E-state index is 0.0276. The van der Waals surface area contributed by atoms with Gasteiger partial charge in [-0.1, -0.05) is 33.6 Å². The maximum atomic E-state index is 9.55. The third-order valence-electron chi connectivity index (χ3n) is 2.66. The highest BCUT2D eigenvalue weighted by atomic mass is 16.5. The first-order valence-electron chi connectivity index (χ1n) is 5.99. The van der Waals surface area contributed by atoms with E-state index in [1.807, 2.05) is 6.92 Å². The van der Waals surface area contributed by atoms with E-state index in [1.165, 1.54) is 0 Å². The van der Waals surface area contributed by atoms with Crippen LogP contribution in [0.3, 0.4) is 0 Å². The average Bonchev–Trinajstić information content (AvgIpc) is 2.18. The Kier molecular flexibility index (Phi) is 8.20. The van der Waals surface area contributed by atoms with Crippen molar-refractivity contribution in [3.8, 4) is 0 Å². The highest BCUT2D eigenvalue weighted by molar-refractivity contribution is 4.67. The molecular weight excluding hydrogens is 176 g/mol. The zero-order chi connectivity index (χ0) is 11.0. The molecule has 1 N–H and O–H groups in total. The number of hydrogen-bond donors (Lipinski definition) is 1. The number of aliphatic hydroxyl groups excluding tert-OH is 1. The molecule has 0 aliphatic rings. The van der Waals surface area contributed by atoms with E-state index in [1.54, 1.807) is 0 Å². The lowest BCUT2D eigenvalue weighted by Gasteiger charge is -2.25. The van der Waals surface area contributed by atoms with Gasteiger partial charge in [-0.2, -0.15) is 0 Å². The molecule has 0 heterocycles. The molecule has 0 amide bonds. The molecule has 0 spiro atoms. The second kappa shape index (κ2) is 8.25. The molecule has 86 valence electrons. The van der Waals surface area contributed by atoms with Crippen LogP contribution in [0.4, 0.5) is 0 Å². The molecule has 0 saturated carbocycles. The van der Waals surface area contributed by atoms with Crippen LogP contribution in [0.2, 0.25) is 0 Å². The Hall–Kier alpha value is -0.0800. The lowest BCUT2D eigenvalue weighted by atomic mass is 10.1. The number of aliphatic hydroxyl groups is 1. The summed E-state index contributed by atoms with van der Waals surface area (Å²) < 4.78 is 5.86. The summed E-state index contributed by atoms with van der Waals surface area (Å²) in [5.74, 6) is 0. The van der Waals surface area contributed by atoms with E-state index in [0.29, 0.717) is 6.10 Å². The van der Waals surface area contributed by atoms with E-state index in [0.717, 1.165) is 32.1 Å². The van der Waals surface area contributed by atoms with Crippen LogP contribution in [0.5, 0.6) is 0 Å². The summed E-state index contributed by atoms with van der Waals surface area (Å²) in [6.07, 6.45) is 5.33. The fourth-order valence-corrected chi connectivity index (χ4v) is 1.56. The van der Waals surface area contributed by atoms with E-state index < -0.39 is 0 Å². The molecule has 2 atom stereocenters. The average molecular weight is 202 g/mol. The predicted octanol–water partition coefficient (Wildman–Crippen LogP) is 3.13. The van der Waals surface area contributed by atoms with Gasteiger partial charge in [0.2, 0.25) is 0 Å². The van der Waals surface area contributed by atoms with Crippen LogP contribution in [-0.2, 0) is 4.74 Å². The molecule has 0 aromatic rings. The van der Waals surface area contributed by atoms with E-state index in [4.69, 9.17) is 4.74 Å². The zero-order valence-corrected chi connectivity index (χ0v) is 10.1. The van der Waals surface area contributed by atoms with Gasteiger partial charge in [0.25, 0.3) is 0 Å². The maximum absolute atomic E-state index is 9.55. The van der Waals surface area contributed by atoms with Crippen molar-refractivity contribution in [2.75, 3.05) is 0 Å². The van der Waals surface area contributed by atoms with Crippen LogP contribution >= 0.6 is 0 Å². The van der Waals surface area contributed by atoms with Gasteiger partial charge < -0.3 is 9.84 Å². The number of ether oxygens (including phenoxy) is 1. The van der Waals surface area contributed by atoms with Gasteiger partial charge in [0.1, 0.15) is 0 Å². The van der Waals surface area contributed by atoms with Gasteiger partial charge in [-0.3, -0.25) is 0 Å². The zero-order valence-electron chi connectivity index (χ0n) is 10.1. The van der Waals surface area contributed by atoms with Crippen molar-refractivity contribution in [3.63, 3.8) is 0 Å². The molecule has 0 aromatic heterocycles. The molecule has 0 rings (SSSR count). The molecule has 0 fully saturated rings. The highest BCUT2D eigenvalue weighted by Crippen LogP contribution is 2.14. The number of unbranched alkanes of at least 4 members (excludes halogenated alkanes) is 1. The van der Waals surface area contributed by atoms with Crippen LogP contribution in [0.15, 0.2) is 0 Å². The molecule has 0 radical (unpaired) electrons. The largest absolute Gasteiger partial charge is 0.391 e. The Labute approximate surface area is 88.7 Å². The second-order valence-corrected chi connectivity index (χ2v) is 4.00. The van der Waals surface area contributed by atoms with Crippen LogP contribution in [0, 0.1) is 0 Å². The smallest absolute Gasteiger partial charge is 0.0834 e. The van der Waals surface area contributed by atoms with E-state index >= 15 is 0 Å². The Morgan fingerprint density at radius 2 is 1.71 bits per heavy atom. The summed E-state index contributed by atoms with van der Waals surface area (Å²) in [5, 5.41) is 9.55. The molecule has 0 aromatic carbocycles. The van der Waals surface area contributed by atoms with Gasteiger partial charge in [-0.05, 0) is 26.2 Å². The highest BCUT2D eigenvalue weighted by Gasteiger charge is 2.18. The predicted molar refractivity (Wildman–Crippen MR) is 60.4 cm³/mol. The molecule has 0 bridgehead atoms. The van der Waals surface area contributed by atoms with E-state index in [9.17, 15) is 5.11 Å². The quantitative estimate of drug-likeness (QED) is 0.655. The summed E-state index contributed by atoms with van der Waals surface area (Å²) in [4.78, 5) is 0. The number of hydrogen-bond acceptors (Lipinski definition) is 2. The molecule has 2 nitrogen and oxygen atoms in total. The Morgan fingerprint density at radius 1 is 1.14 bits per heavy atom. The fraction of sp³-hybridized carbons (Fsp3) is 1.00. The van der Waals surface area contributed by atoms with E-state index in [-0.39, 0.29) is 12.2 Å². The fourth-order valence-electron chi connectivity index (χ4n) is 1.56. The Bertz CT molecular complexity index is 119. The van der Waals surface area contributed by atoms with Crippen molar-refractivity contribution < 1.29 is 9.84 Å². The minimum Gasteiger partial charge on any atom is -0.391 e. The van der Waals surface area contributed by atoms with Crippen molar-refractivity contribution >= 4 is 0 Å². The van der Waals surface area contributed by atoms with Crippen molar-refractivity contribution in [3.05, 3.63) is 0 Å². The van der Waals surface area contributed by atoms with Crippen LogP contribution in [-0.4, -0.2) is 23.4 Å². The normalized spacial score (nSPS) is 15.9. The van der Waals surface area contributed by atoms with Crippen LogP contribution < -0.4 is 0 Å². The monoisotopic (exact) mass is 202 g/mol. The maximum Gasteiger partial charge on any atom is 0.0834 e. The summed E-state index contributed by atoms with van der Waals surface area (Å²) in [6, 6.07) is 0. The van der Waals surface area contributed by atoms with Crippen molar-refractivity contribution in [2.24, 2.45) is 0 Å². The molecule has 0 aliphatic carbocycles.